The average Bonchev–Trinajstić information content (AvgIpc) is 2.47. The smallest absolute Gasteiger partial charge is 0.194 e. The molecule has 0 spiro atoms. The van der Waals surface area contributed by atoms with E-state index in [-0.39, 0.29) is 11.5 Å². The third-order valence-corrected chi connectivity index (χ3v) is 3.97. The highest BCUT2D eigenvalue weighted by atomic mass is 16.3. The van der Waals surface area contributed by atoms with Crippen LogP contribution in [0, 0.1) is 0 Å². The van der Waals surface area contributed by atoms with Gasteiger partial charge in [0.2, 0.25) is 0 Å². The van der Waals surface area contributed by atoms with Crippen molar-refractivity contribution in [2.24, 2.45) is 0 Å². The van der Waals surface area contributed by atoms with Crippen LogP contribution in [0.5, 0.6) is 5.75 Å². The van der Waals surface area contributed by atoms with Crippen molar-refractivity contribution in [1.29, 1.82) is 0 Å². The molecule has 0 atom stereocenters. The summed E-state index contributed by atoms with van der Waals surface area (Å²) in [6.07, 6.45) is 0.690. The maximum Gasteiger partial charge on any atom is 0.194 e. The van der Waals surface area contributed by atoms with Crippen molar-refractivity contribution in [2.75, 3.05) is 0 Å². The molecular weight excluding hydrogens is 248 g/mol. The van der Waals surface area contributed by atoms with E-state index in [2.05, 4.69) is 0 Å². The number of hydrogen-bond donors (Lipinski definition) is 1. The number of hydrogen-bond acceptors (Lipinski definition) is 2. The van der Waals surface area contributed by atoms with Gasteiger partial charge in [0.1, 0.15) is 5.75 Å². The summed E-state index contributed by atoms with van der Waals surface area (Å²) >= 11 is 0. The lowest BCUT2D eigenvalue weighted by Gasteiger charge is -2.20. The van der Waals surface area contributed by atoms with E-state index in [4.69, 9.17) is 0 Å². The van der Waals surface area contributed by atoms with Crippen LogP contribution < -0.4 is 0 Å². The molecule has 20 heavy (non-hydrogen) atoms. The molecule has 0 amide bonds. The number of phenolic OH excluding ortho intramolecular Hbond substituents is 1. The minimum Gasteiger partial charge on any atom is -0.507 e. The van der Waals surface area contributed by atoms with Crippen molar-refractivity contribution in [3.05, 3.63) is 76.9 Å². The Bertz CT molecular complexity index is 862. The number of benzene rings is 3. The fraction of sp³-hybridized carbons (Fsp3) is 0.0556. The molecule has 96 valence electrons. The molecule has 3 aromatic carbocycles. The zero-order valence-corrected chi connectivity index (χ0v) is 10.8. The van der Waals surface area contributed by atoms with Gasteiger partial charge in [-0.1, -0.05) is 48.5 Å². The number of carbonyl (C=O) groups excluding carboxylic acids is 1. The van der Waals surface area contributed by atoms with E-state index in [1.807, 2.05) is 48.5 Å². The first-order chi connectivity index (χ1) is 9.75. The Balaban J connectivity index is 2.09. The summed E-state index contributed by atoms with van der Waals surface area (Å²) in [6.45, 7) is 0. The Labute approximate surface area is 116 Å². The molecule has 2 nitrogen and oxygen atoms in total. The first-order valence-corrected chi connectivity index (χ1v) is 6.62. The van der Waals surface area contributed by atoms with E-state index in [9.17, 15) is 9.90 Å². The average molecular weight is 260 g/mol. The number of phenols is 1. The normalized spacial score (nSPS) is 13.1. The van der Waals surface area contributed by atoms with Gasteiger partial charge in [-0.3, -0.25) is 4.79 Å². The SMILES string of the molecule is O=C1c2ccccc2Cc2cc(O)c3ccccc3c21. The second-order valence-corrected chi connectivity index (χ2v) is 5.14. The number of fused-ring (bicyclic) bond motifs is 4. The molecule has 0 unspecified atom stereocenters. The van der Waals surface area contributed by atoms with Crippen LogP contribution in [0.15, 0.2) is 54.6 Å². The van der Waals surface area contributed by atoms with Crippen LogP contribution in [0.25, 0.3) is 10.8 Å². The van der Waals surface area contributed by atoms with Gasteiger partial charge in [-0.05, 0) is 29.0 Å². The Hall–Kier alpha value is -2.61. The molecule has 0 heterocycles. The van der Waals surface area contributed by atoms with Gasteiger partial charge in [0.15, 0.2) is 5.78 Å². The second kappa shape index (κ2) is 3.94. The van der Waals surface area contributed by atoms with Crippen LogP contribution in [0.4, 0.5) is 0 Å². The summed E-state index contributed by atoms with van der Waals surface area (Å²) in [5.74, 6) is 0.296. The third-order valence-electron chi connectivity index (χ3n) is 3.97. The summed E-state index contributed by atoms with van der Waals surface area (Å²) in [4.78, 5) is 12.8. The van der Waals surface area contributed by atoms with E-state index in [1.54, 1.807) is 6.07 Å². The lowest BCUT2D eigenvalue weighted by atomic mass is 9.82. The van der Waals surface area contributed by atoms with Crippen molar-refractivity contribution in [2.45, 2.75) is 6.42 Å². The summed E-state index contributed by atoms with van der Waals surface area (Å²) in [7, 11) is 0. The molecule has 3 aromatic rings. The molecule has 0 bridgehead atoms. The largest absolute Gasteiger partial charge is 0.507 e. The third kappa shape index (κ3) is 1.42. The van der Waals surface area contributed by atoms with Gasteiger partial charge in [0, 0.05) is 16.5 Å². The molecule has 0 radical (unpaired) electrons. The van der Waals surface area contributed by atoms with Gasteiger partial charge in [0.05, 0.1) is 0 Å². The summed E-state index contributed by atoms with van der Waals surface area (Å²) in [6, 6.07) is 16.9. The van der Waals surface area contributed by atoms with E-state index in [1.165, 1.54) is 0 Å². The van der Waals surface area contributed by atoms with Crippen LogP contribution in [-0.4, -0.2) is 10.9 Å². The van der Waals surface area contributed by atoms with E-state index in [0.29, 0.717) is 6.42 Å². The fourth-order valence-electron chi connectivity index (χ4n) is 3.06. The Morgan fingerprint density at radius 3 is 2.40 bits per heavy atom. The summed E-state index contributed by atoms with van der Waals surface area (Å²) in [5.41, 5.74) is 3.44. The molecule has 0 saturated heterocycles. The highest BCUT2D eigenvalue weighted by molar-refractivity contribution is 6.20. The summed E-state index contributed by atoms with van der Waals surface area (Å²) < 4.78 is 0. The first kappa shape index (κ1) is 11.2. The number of carbonyl (C=O) groups is 1. The maximum atomic E-state index is 12.8. The van der Waals surface area contributed by atoms with Crippen molar-refractivity contribution >= 4 is 16.6 Å². The Kier molecular flexibility index (Phi) is 2.21. The molecule has 0 aromatic heterocycles. The Morgan fingerprint density at radius 2 is 1.55 bits per heavy atom. The van der Waals surface area contributed by atoms with Crippen LogP contribution in [-0.2, 0) is 6.42 Å². The van der Waals surface area contributed by atoms with Crippen LogP contribution >= 0.6 is 0 Å². The second-order valence-electron chi connectivity index (χ2n) is 5.14. The molecular formula is C18H12O2. The monoisotopic (exact) mass is 260 g/mol. The molecule has 1 N–H and O–H groups in total. The maximum absolute atomic E-state index is 12.8. The molecule has 0 fully saturated rings. The first-order valence-electron chi connectivity index (χ1n) is 6.62. The molecule has 1 aliphatic carbocycles. The van der Waals surface area contributed by atoms with Gasteiger partial charge >= 0.3 is 0 Å². The molecule has 1 aliphatic rings. The topological polar surface area (TPSA) is 37.3 Å². The van der Waals surface area contributed by atoms with Crippen LogP contribution in [0.2, 0.25) is 0 Å². The molecule has 4 rings (SSSR count). The summed E-state index contributed by atoms with van der Waals surface area (Å²) in [5, 5.41) is 11.7. The Morgan fingerprint density at radius 1 is 0.850 bits per heavy atom. The predicted octanol–water partition coefficient (Wildman–Crippen LogP) is 3.68. The zero-order valence-electron chi connectivity index (χ0n) is 10.8. The van der Waals surface area contributed by atoms with E-state index in [0.717, 1.165) is 33.0 Å². The van der Waals surface area contributed by atoms with Gasteiger partial charge in [0.25, 0.3) is 0 Å². The highest BCUT2D eigenvalue weighted by Gasteiger charge is 2.25. The standard InChI is InChI=1S/C18H12O2/c19-16-10-12-9-11-5-1-2-6-13(11)18(20)17(12)15-8-4-3-7-14(15)16/h1-8,10,19H,9H2. The minimum atomic E-state index is 0.0538. The van der Waals surface area contributed by atoms with Gasteiger partial charge in [-0.2, -0.15) is 0 Å². The fourth-order valence-corrected chi connectivity index (χ4v) is 3.06. The molecule has 2 heteroatoms. The van der Waals surface area contributed by atoms with Crippen LogP contribution in [0.3, 0.4) is 0 Å². The van der Waals surface area contributed by atoms with E-state index >= 15 is 0 Å². The number of ketones is 1. The molecule has 0 aliphatic heterocycles. The van der Waals surface area contributed by atoms with Gasteiger partial charge in [-0.25, -0.2) is 0 Å². The quantitative estimate of drug-likeness (QED) is 0.523. The van der Waals surface area contributed by atoms with Crippen molar-refractivity contribution < 1.29 is 9.90 Å². The number of aromatic hydroxyl groups is 1. The van der Waals surface area contributed by atoms with Crippen molar-refractivity contribution in [3.63, 3.8) is 0 Å². The molecule has 0 saturated carbocycles. The predicted molar refractivity (Wildman–Crippen MR) is 78.3 cm³/mol. The highest BCUT2D eigenvalue weighted by Crippen LogP contribution is 2.36. The lowest BCUT2D eigenvalue weighted by molar-refractivity contribution is 0.103. The van der Waals surface area contributed by atoms with Gasteiger partial charge in [-0.15, -0.1) is 0 Å². The van der Waals surface area contributed by atoms with E-state index < -0.39 is 0 Å². The minimum absolute atomic E-state index is 0.0538. The van der Waals surface area contributed by atoms with Gasteiger partial charge < -0.3 is 5.11 Å². The van der Waals surface area contributed by atoms with Crippen molar-refractivity contribution in [1.82, 2.24) is 0 Å². The van der Waals surface area contributed by atoms with Crippen molar-refractivity contribution in [3.8, 4) is 5.75 Å². The van der Waals surface area contributed by atoms with Crippen LogP contribution in [0.1, 0.15) is 27.0 Å². The zero-order chi connectivity index (χ0) is 13.7. The number of rotatable bonds is 0. The lowest BCUT2D eigenvalue weighted by Crippen LogP contribution is -2.15.